The minimum absolute atomic E-state index is 0.0530. The van der Waals surface area contributed by atoms with E-state index in [2.05, 4.69) is 0 Å². The van der Waals surface area contributed by atoms with Crippen LogP contribution in [0.1, 0.15) is 31.1 Å². The van der Waals surface area contributed by atoms with Gasteiger partial charge >= 0.3 is 6.18 Å². The molecule has 1 rings (SSSR count). The predicted octanol–water partition coefficient (Wildman–Crippen LogP) is 2.37. The summed E-state index contributed by atoms with van der Waals surface area (Å²) in [6.07, 6.45) is -4.51. The van der Waals surface area contributed by atoms with E-state index in [4.69, 9.17) is 5.73 Å². The molecule has 0 saturated carbocycles. The summed E-state index contributed by atoms with van der Waals surface area (Å²) in [5.74, 6) is 0.166. The van der Waals surface area contributed by atoms with Gasteiger partial charge in [-0.25, -0.2) is 0 Å². The molecule has 0 radical (unpaired) electrons. The van der Waals surface area contributed by atoms with Crippen molar-refractivity contribution >= 4 is 0 Å². The van der Waals surface area contributed by atoms with Crippen LogP contribution in [0.15, 0.2) is 16.9 Å². The number of nitrogens with zero attached hydrogens (tertiary/aromatic N) is 1. The molecule has 0 aliphatic rings. The van der Waals surface area contributed by atoms with Crippen LogP contribution in [0.5, 0.6) is 0 Å². The number of hydrogen-bond acceptors (Lipinski definition) is 2. The van der Waals surface area contributed by atoms with E-state index in [1.807, 2.05) is 13.8 Å². The first-order valence-corrected chi connectivity index (χ1v) is 5.67. The second-order valence-electron chi connectivity index (χ2n) is 4.74. The van der Waals surface area contributed by atoms with E-state index < -0.39 is 12.2 Å². The highest BCUT2D eigenvalue weighted by molar-refractivity contribution is 5.25. The van der Waals surface area contributed by atoms with E-state index in [0.717, 1.165) is 12.1 Å². The molecule has 1 aromatic heterocycles. The Hall–Kier alpha value is -1.30. The Labute approximate surface area is 103 Å². The monoisotopic (exact) mass is 262 g/mol. The Morgan fingerprint density at radius 3 is 2.33 bits per heavy atom. The molecule has 0 amide bonds. The number of nitrogens with two attached hydrogens (primary N) is 1. The number of alkyl halides is 3. The molecule has 0 aliphatic carbocycles. The van der Waals surface area contributed by atoms with Gasteiger partial charge in [0.2, 0.25) is 0 Å². The Morgan fingerprint density at radius 2 is 1.89 bits per heavy atom. The van der Waals surface area contributed by atoms with Crippen molar-refractivity contribution in [3.8, 4) is 0 Å². The molecule has 0 bridgehead atoms. The Morgan fingerprint density at radius 1 is 1.33 bits per heavy atom. The number of halogens is 3. The molecular weight excluding hydrogens is 245 g/mol. The molecule has 18 heavy (non-hydrogen) atoms. The fraction of sp³-hybridized carbons (Fsp3) is 0.583. The van der Waals surface area contributed by atoms with Crippen molar-refractivity contribution in [3.63, 3.8) is 0 Å². The Bertz CT molecular complexity index is 477. The smallest absolute Gasteiger partial charge is 0.316 e. The van der Waals surface area contributed by atoms with Gasteiger partial charge in [0.15, 0.2) is 0 Å². The fourth-order valence-corrected chi connectivity index (χ4v) is 1.79. The maximum absolute atomic E-state index is 12.6. The lowest BCUT2D eigenvalue weighted by molar-refractivity contribution is -0.149. The maximum Gasteiger partial charge on any atom is 0.407 e. The summed E-state index contributed by atoms with van der Waals surface area (Å²) in [7, 11) is 0. The third-order valence-corrected chi connectivity index (χ3v) is 2.73. The van der Waals surface area contributed by atoms with Crippen LogP contribution >= 0.6 is 0 Å². The van der Waals surface area contributed by atoms with Crippen LogP contribution in [-0.4, -0.2) is 10.7 Å². The minimum atomic E-state index is -4.51. The van der Waals surface area contributed by atoms with Crippen molar-refractivity contribution in [2.24, 2.45) is 11.7 Å². The van der Waals surface area contributed by atoms with Crippen LogP contribution < -0.4 is 11.3 Å². The summed E-state index contributed by atoms with van der Waals surface area (Å²) in [5, 5.41) is 0. The third kappa shape index (κ3) is 3.13. The average Bonchev–Trinajstić information content (AvgIpc) is 2.22. The summed E-state index contributed by atoms with van der Waals surface area (Å²) >= 11 is 0. The van der Waals surface area contributed by atoms with Crippen LogP contribution in [0.25, 0.3) is 0 Å². The van der Waals surface area contributed by atoms with E-state index in [1.165, 1.54) is 11.5 Å². The molecule has 1 unspecified atom stereocenters. The first kappa shape index (κ1) is 14.8. The number of hydrogen-bond donors (Lipinski definition) is 1. The lowest BCUT2D eigenvalue weighted by atomic mass is 10.1. The van der Waals surface area contributed by atoms with E-state index in [-0.39, 0.29) is 22.7 Å². The average molecular weight is 262 g/mol. The molecule has 1 aromatic rings. The van der Waals surface area contributed by atoms with Crippen molar-refractivity contribution in [3.05, 3.63) is 33.7 Å². The Kier molecular flexibility index (Phi) is 4.21. The fourth-order valence-electron chi connectivity index (χ4n) is 1.79. The van der Waals surface area contributed by atoms with E-state index in [9.17, 15) is 18.0 Å². The number of aromatic nitrogens is 1. The quantitative estimate of drug-likeness (QED) is 0.909. The van der Waals surface area contributed by atoms with Gasteiger partial charge in [0, 0.05) is 18.3 Å². The van der Waals surface area contributed by atoms with Gasteiger partial charge in [-0.2, -0.15) is 13.2 Å². The normalized spacial score (nSPS) is 14.0. The van der Waals surface area contributed by atoms with Crippen molar-refractivity contribution in [2.45, 2.75) is 39.5 Å². The first-order valence-electron chi connectivity index (χ1n) is 5.67. The second kappa shape index (κ2) is 5.14. The van der Waals surface area contributed by atoms with Crippen molar-refractivity contribution in [1.82, 2.24) is 4.57 Å². The largest absolute Gasteiger partial charge is 0.407 e. The molecule has 0 aromatic carbocycles. The van der Waals surface area contributed by atoms with E-state index in [0.29, 0.717) is 6.54 Å². The molecule has 1 atom stereocenters. The zero-order chi connectivity index (χ0) is 14.1. The molecule has 0 saturated heterocycles. The Balaban J connectivity index is 3.29. The standard InChI is InChI=1S/C12H17F3N2O/c1-7(2)6-17-8(3)9(4-5-10(17)18)11(16)12(13,14)15/h4-5,7,11H,6,16H2,1-3H3. The molecule has 0 aliphatic heterocycles. The van der Waals surface area contributed by atoms with Crippen molar-refractivity contribution in [2.75, 3.05) is 0 Å². The van der Waals surface area contributed by atoms with Crippen LogP contribution in [0, 0.1) is 12.8 Å². The van der Waals surface area contributed by atoms with Gasteiger partial charge in [0.25, 0.3) is 5.56 Å². The van der Waals surface area contributed by atoms with Gasteiger partial charge in [0.05, 0.1) is 0 Å². The highest BCUT2D eigenvalue weighted by Gasteiger charge is 2.39. The van der Waals surface area contributed by atoms with Gasteiger partial charge in [0.1, 0.15) is 6.04 Å². The van der Waals surface area contributed by atoms with Crippen molar-refractivity contribution in [1.29, 1.82) is 0 Å². The zero-order valence-corrected chi connectivity index (χ0v) is 10.6. The second-order valence-corrected chi connectivity index (χ2v) is 4.74. The van der Waals surface area contributed by atoms with E-state index >= 15 is 0 Å². The topological polar surface area (TPSA) is 48.0 Å². The summed E-state index contributed by atoms with van der Waals surface area (Å²) in [6.45, 7) is 5.65. The lowest BCUT2D eigenvalue weighted by Crippen LogP contribution is -2.33. The van der Waals surface area contributed by atoms with Gasteiger partial charge in [-0.05, 0) is 24.5 Å². The summed E-state index contributed by atoms with van der Waals surface area (Å²) in [6, 6.07) is 0.236. The molecule has 102 valence electrons. The number of rotatable bonds is 3. The highest BCUT2D eigenvalue weighted by Crippen LogP contribution is 2.31. The van der Waals surface area contributed by atoms with Gasteiger partial charge in [-0.3, -0.25) is 4.79 Å². The van der Waals surface area contributed by atoms with Crippen molar-refractivity contribution < 1.29 is 13.2 Å². The minimum Gasteiger partial charge on any atom is -0.316 e. The van der Waals surface area contributed by atoms with Crippen LogP contribution in [-0.2, 0) is 6.54 Å². The lowest BCUT2D eigenvalue weighted by Gasteiger charge is -2.21. The summed E-state index contributed by atoms with van der Waals surface area (Å²) in [4.78, 5) is 11.6. The molecule has 0 spiro atoms. The van der Waals surface area contributed by atoms with E-state index in [1.54, 1.807) is 0 Å². The SMILES string of the molecule is Cc1c(C(N)C(F)(F)F)ccc(=O)n1CC(C)C. The van der Waals surface area contributed by atoms with Crippen LogP contribution in [0.3, 0.4) is 0 Å². The molecule has 2 N–H and O–H groups in total. The van der Waals surface area contributed by atoms with Gasteiger partial charge < -0.3 is 10.3 Å². The summed E-state index contributed by atoms with van der Waals surface area (Å²) in [5.41, 5.74) is 5.10. The molecule has 3 nitrogen and oxygen atoms in total. The molecule has 6 heteroatoms. The van der Waals surface area contributed by atoms with Gasteiger partial charge in [-0.1, -0.05) is 13.8 Å². The first-order chi connectivity index (χ1) is 8.14. The number of pyridine rings is 1. The van der Waals surface area contributed by atoms with Crippen LogP contribution in [0.4, 0.5) is 13.2 Å². The third-order valence-electron chi connectivity index (χ3n) is 2.73. The summed E-state index contributed by atoms with van der Waals surface area (Å²) < 4.78 is 39.1. The zero-order valence-electron chi connectivity index (χ0n) is 10.6. The highest BCUT2D eigenvalue weighted by atomic mass is 19.4. The molecular formula is C12H17F3N2O. The molecule has 0 fully saturated rings. The predicted molar refractivity (Wildman–Crippen MR) is 63.3 cm³/mol. The van der Waals surface area contributed by atoms with Gasteiger partial charge in [-0.15, -0.1) is 0 Å². The maximum atomic E-state index is 12.6. The van der Waals surface area contributed by atoms with Crippen LogP contribution in [0.2, 0.25) is 0 Å². The molecule has 1 heterocycles.